The van der Waals surface area contributed by atoms with Crippen LogP contribution in [0.5, 0.6) is 11.5 Å². The van der Waals surface area contributed by atoms with Crippen LogP contribution in [0.2, 0.25) is 0 Å². The van der Waals surface area contributed by atoms with Gasteiger partial charge in [0.2, 0.25) is 0 Å². The minimum absolute atomic E-state index is 0.303. The number of carbonyl (C=O) groups excluding carboxylic acids is 1. The topological polar surface area (TPSA) is 73.4 Å². The molecule has 1 heterocycles. The molecule has 2 aromatic carbocycles. The van der Waals surface area contributed by atoms with Gasteiger partial charge in [-0.1, -0.05) is 36.4 Å². The molecule has 0 atom stereocenters. The van der Waals surface area contributed by atoms with Crippen molar-refractivity contribution in [2.75, 3.05) is 21.3 Å². The first-order chi connectivity index (χ1) is 14.1. The van der Waals surface area contributed by atoms with Gasteiger partial charge in [0, 0.05) is 23.1 Å². The van der Waals surface area contributed by atoms with Gasteiger partial charge >= 0.3 is 5.97 Å². The maximum atomic E-state index is 12.0. The maximum absolute atomic E-state index is 12.0. The Morgan fingerprint density at radius 1 is 0.931 bits per heavy atom. The van der Waals surface area contributed by atoms with E-state index in [2.05, 4.69) is 40.5 Å². The van der Waals surface area contributed by atoms with Crippen LogP contribution >= 0.6 is 0 Å². The summed E-state index contributed by atoms with van der Waals surface area (Å²) in [5, 5.41) is 7.21. The van der Waals surface area contributed by atoms with Crippen molar-refractivity contribution < 1.29 is 19.0 Å². The summed E-state index contributed by atoms with van der Waals surface area (Å²) in [6.45, 7) is 0. The van der Waals surface area contributed by atoms with Crippen LogP contribution in [0.4, 0.5) is 0 Å². The van der Waals surface area contributed by atoms with E-state index in [9.17, 15) is 4.79 Å². The average molecular weight is 390 g/mol. The van der Waals surface area contributed by atoms with Gasteiger partial charge in [-0.15, -0.1) is 0 Å². The molecule has 6 heteroatoms. The van der Waals surface area contributed by atoms with Crippen LogP contribution in [0.1, 0.15) is 32.9 Å². The number of ether oxygens (including phenoxy) is 3. The predicted molar refractivity (Wildman–Crippen MR) is 109 cm³/mol. The van der Waals surface area contributed by atoms with Crippen molar-refractivity contribution in [2.24, 2.45) is 0 Å². The van der Waals surface area contributed by atoms with Gasteiger partial charge < -0.3 is 14.2 Å². The molecule has 0 fully saturated rings. The zero-order valence-electron chi connectivity index (χ0n) is 16.6. The lowest BCUT2D eigenvalue weighted by molar-refractivity contribution is 0.0593. The molecule has 0 bridgehead atoms. The highest BCUT2D eigenvalue weighted by molar-refractivity contribution is 5.92. The normalized spacial score (nSPS) is 14.2. The molecule has 0 aliphatic heterocycles. The highest BCUT2D eigenvalue weighted by atomic mass is 16.5. The smallest absolute Gasteiger partial charge is 0.359 e. The number of hydrogen-bond donors (Lipinski definition) is 1. The number of H-pyrrole nitrogens is 1. The van der Waals surface area contributed by atoms with E-state index in [4.69, 9.17) is 14.2 Å². The van der Waals surface area contributed by atoms with E-state index < -0.39 is 11.4 Å². The molecule has 0 saturated carbocycles. The summed E-state index contributed by atoms with van der Waals surface area (Å²) in [4.78, 5) is 12.0. The van der Waals surface area contributed by atoms with E-state index in [0.29, 0.717) is 12.1 Å². The second-order valence-corrected chi connectivity index (χ2v) is 6.89. The van der Waals surface area contributed by atoms with Gasteiger partial charge in [0.25, 0.3) is 0 Å². The molecule has 3 aromatic rings. The molecule has 0 unspecified atom stereocenters. The molecule has 0 radical (unpaired) electrons. The van der Waals surface area contributed by atoms with Crippen molar-refractivity contribution in [1.82, 2.24) is 10.2 Å². The summed E-state index contributed by atoms with van der Waals surface area (Å²) in [5.41, 5.74) is 3.76. The molecular weight excluding hydrogens is 368 g/mol. The molecule has 1 N–H and O–H groups in total. The summed E-state index contributed by atoms with van der Waals surface area (Å²) in [6, 6.07) is 16.1. The zero-order chi connectivity index (χ0) is 20.4. The lowest BCUT2D eigenvalue weighted by atomic mass is 9.68. The lowest BCUT2D eigenvalue weighted by Crippen LogP contribution is -2.30. The Morgan fingerprint density at radius 2 is 1.48 bits per heavy atom. The van der Waals surface area contributed by atoms with E-state index in [1.54, 1.807) is 14.2 Å². The molecule has 29 heavy (non-hydrogen) atoms. The molecule has 1 aliphatic carbocycles. The summed E-state index contributed by atoms with van der Waals surface area (Å²) >= 11 is 0. The Labute approximate surface area is 169 Å². The minimum atomic E-state index is -0.450. The van der Waals surface area contributed by atoms with Crippen molar-refractivity contribution in [3.63, 3.8) is 0 Å². The van der Waals surface area contributed by atoms with Crippen molar-refractivity contribution in [3.05, 3.63) is 82.7 Å². The summed E-state index contributed by atoms with van der Waals surface area (Å²) in [5.74, 6) is 1.15. The van der Waals surface area contributed by atoms with Crippen LogP contribution in [0.3, 0.4) is 0 Å². The number of nitrogens with zero attached hydrogens (tertiary/aromatic N) is 1. The van der Waals surface area contributed by atoms with E-state index in [1.807, 2.05) is 30.3 Å². The number of nitrogens with one attached hydrogen (secondary N) is 1. The third-order valence-corrected chi connectivity index (χ3v) is 5.46. The van der Waals surface area contributed by atoms with Crippen molar-refractivity contribution >= 4 is 12.0 Å². The Bertz CT molecular complexity index is 1000. The highest BCUT2D eigenvalue weighted by Crippen LogP contribution is 2.42. The quantitative estimate of drug-likeness (QED) is 0.672. The molecule has 148 valence electrons. The van der Waals surface area contributed by atoms with E-state index in [0.717, 1.165) is 33.9 Å². The minimum Gasteiger partial charge on any atom is -0.497 e. The number of aromatic amines is 1. The van der Waals surface area contributed by atoms with Crippen LogP contribution < -0.4 is 9.47 Å². The third-order valence-electron chi connectivity index (χ3n) is 5.46. The van der Waals surface area contributed by atoms with Crippen molar-refractivity contribution in [2.45, 2.75) is 11.8 Å². The number of carbonyl (C=O) groups is 1. The third kappa shape index (κ3) is 3.16. The molecule has 1 aliphatic rings. The Balaban J connectivity index is 1.84. The summed E-state index contributed by atoms with van der Waals surface area (Å²) in [7, 11) is 4.66. The maximum Gasteiger partial charge on any atom is 0.359 e. The summed E-state index contributed by atoms with van der Waals surface area (Å²) in [6.07, 6.45) is 4.70. The van der Waals surface area contributed by atoms with Crippen molar-refractivity contribution in [3.8, 4) is 11.5 Å². The van der Waals surface area contributed by atoms with Gasteiger partial charge in [0.15, 0.2) is 5.69 Å². The number of methoxy groups -OCH3 is 3. The average Bonchev–Trinajstić information content (AvgIpc) is 3.21. The SMILES string of the molecule is COC(=O)c1n[nH]c2c1C=CC(c1ccc(OC)cc1)(c1ccc(OC)cc1)C2. The Hall–Kier alpha value is -3.54. The number of esters is 1. The van der Waals surface area contributed by atoms with Crippen LogP contribution in [-0.4, -0.2) is 37.5 Å². The van der Waals surface area contributed by atoms with Gasteiger partial charge in [-0.05, 0) is 35.4 Å². The second kappa shape index (κ2) is 7.47. The monoisotopic (exact) mass is 390 g/mol. The van der Waals surface area contributed by atoms with E-state index in [-0.39, 0.29) is 0 Å². The fourth-order valence-corrected chi connectivity index (χ4v) is 3.86. The molecule has 0 amide bonds. The Kier molecular flexibility index (Phi) is 4.84. The van der Waals surface area contributed by atoms with Gasteiger partial charge in [-0.3, -0.25) is 5.10 Å². The number of fused-ring (bicyclic) bond motifs is 1. The predicted octanol–water partition coefficient (Wildman–Crippen LogP) is 3.77. The molecule has 0 saturated heterocycles. The largest absolute Gasteiger partial charge is 0.497 e. The lowest BCUT2D eigenvalue weighted by Gasteiger charge is -2.34. The first kappa shape index (κ1) is 18.8. The number of hydrogen-bond acceptors (Lipinski definition) is 5. The van der Waals surface area contributed by atoms with Crippen molar-refractivity contribution in [1.29, 1.82) is 0 Å². The molecule has 1 aromatic heterocycles. The zero-order valence-corrected chi connectivity index (χ0v) is 16.6. The Morgan fingerprint density at radius 3 is 1.97 bits per heavy atom. The fraction of sp³-hybridized carbons (Fsp3) is 0.217. The van der Waals surface area contributed by atoms with Crippen LogP contribution in [-0.2, 0) is 16.6 Å². The van der Waals surface area contributed by atoms with Gasteiger partial charge in [0.1, 0.15) is 11.5 Å². The first-order valence-corrected chi connectivity index (χ1v) is 9.25. The van der Waals surface area contributed by atoms with Crippen LogP contribution in [0.15, 0.2) is 54.6 Å². The first-order valence-electron chi connectivity index (χ1n) is 9.25. The second-order valence-electron chi connectivity index (χ2n) is 6.89. The number of rotatable bonds is 5. The molecular formula is C23H22N2O4. The molecule has 4 rings (SSSR count). The number of allylic oxidation sites excluding steroid dienone is 1. The van der Waals surface area contributed by atoms with Gasteiger partial charge in [-0.2, -0.15) is 5.10 Å². The number of benzene rings is 2. The van der Waals surface area contributed by atoms with E-state index in [1.165, 1.54) is 7.11 Å². The number of aromatic nitrogens is 2. The van der Waals surface area contributed by atoms with Crippen LogP contribution in [0, 0.1) is 0 Å². The molecule has 6 nitrogen and oxygen atoms in total. The summed E-state index contributed by atoms with van der Waals surface area (Å²) < 4.78 is 15.5. The van der Waals surface area contributed by atoms with Crippen LogP contribution in [0.25, 0.3) is 6.08 Å². The van der Waals surface area contributed by atoms with Gasteiger partial charge in [-0.25, -0.2) is 4.79 Å². The molecule has 0 spiro atoms. The highest BCUT2D eigenvalue weighted by Gasteiger charge is 2.37. The standard InChI is InChI=1S/C23H22N2O4/c1-27-17-8-4-15(5-9-17)23(16-6-10-18(28-2)11-7-16)13-12-19-20(14-23)24-25-21(19)22(26)29-3/h4-13H,14H2,1-3H3,(H,24,25). The fourth-order valence-electron chi connectivity index (χ4n) is 3.86. The van der Waals surface area contributed by atoms with E-state index >= 15 is 0 Å². The van der Waals surface area contributed by atoms with Gasteiger partial charge in [0.05, 0.1) is 21.3 Å².